The van der Waals surface area contributed by atoms with E-state index in [0.717, 1.165) is 33.8 Å². The van der Waals surface area contributed by atoms with Crippen molar-refractivity contribution in [2.24, 2.45) is 12.2 Å². The van der Waals surface area contributed by atoms with Crippen LogP contribution in [0, 0.1) is 6.92 Å². The van der Waals surface area contributed by atoms with Crippen LogP contribution in [0.5, 0.6) is 0 Å². The fourth-order valence-corrected chi connectivity index (χ4v) is 3.96. The number of anilines is 4. The van der Waals surface area contributed by atoms with Crippen LogP contribution in [0.3, 0.4) is 0 Å². The second-order valence-electron chi connectivity index (χ2n) is 7.34. The molecular weight excluding hydrogens is 414 g/mol. The molecule has 4 rings (SSSR count). The lowest BCUT2D eigenvalue weighted by Crippen LogP contribution is -2.14. The number of nitrogens with zero attached hydrogens (tertiary/aromatic N) is 5. The largest absolute Gasteiger partial charge is 0.329 e. The van der Waals surface area contributed by atoms with Gasteiger partial charge in [0, 0.05) is 42.7 Å². The molecule has 0 saturated heterocycles. The number of nitrogens with two attached hydrogens (primary N) is 1. The second-order valence-corrected chi connectivity index (χ2v) is 8.95. The van der Waals surface area contributed by atoms with Crippen LogP contribution in [-0.2, 0) is 22.8 Å². The number of nitrogens with one attached hydrogen (secondary N) is 1. The van der Waals surface area contributed by atoms with Gasteiger partial charge >= 0.3 is 0 Å². The molecule has 160 valence electrons. The number of fused-ring (bicyclic) bond motifs is 1. The summed E-state index contributed by atoms with van der Waals surface area (Å²) in [4.78, 5) is 10.8. The zero-order chi connectivity index (χ0) is 22.2. The van der Waals surface area contributed by atoms with E-state index < -0.39 is 10.0 Å². The minimum absolute atomic E-state index is 0.204. The Morgan fingerprint density at radius 2 is 1.87 bits per heavy atom. The number of hydrogen-bond acceptors (Lipinski definition) is 7. The first-order chi connectivity index (χ1) is 14.7. The highest BCUT2D eigenvalue weighted by Crippen LogP contribution is 2.27. The molecule has 2 aromatic carbocycles. The van der Waals surface area contributed by atoms with E-state index in [1.807, 2.05) is 48.8 Å². The summed E-state index contributed by atoms with van der Waals surface area (Å²) in [5.41, 5.74) is 4.36. The number of rotatable bonds is 6. The number of hydrogen-bond donors (Lipinski definition) is 2. The third-order valence-corrected chi connectivity index (χ3v) is 5.80. The smallest absolute Gasteiger partial charge is 0.229 e. The van der Waals surface area contributed by atoms with Crippen LogP contribution in [0.4, 0.5) is 23.1 Å². The first kappa shape index (κ1) is 20.8. The van der Waals surface area contributed by atoms with Gasteiger partial charge < -0.3 is 10.2 Å². The van der Waals surface area contributed by atoms with Gasteiger partial charge in [-0.25, -0.2) is 18.5 Å². The van der Waals surface area contributed by atoms with Crippen LogP contribution >= 0.6 is 0 Å². The molecule has 0 aliphatic heterocycles. The molecule has 0 fully saturated rings. The van der Waals surface area contributed by atoms with Crippen molar-refractivity contribution in [2.45, 2.75) is 12.7 Å². The van der Waals surface area contributed by atoms with Gasteiger partial charge in [-0.2, -0.15) is 10.1 Å². The van der Waals surface area contributed by atoms with E-state index in [1.165, 1.54) is 0 Å². The first-order valence-electron chi connectivity index (χ1n) is 9.56. The van der Waals surface area contributed by atoms with Crippen molar-refractivity contribution in [1.29, 1.82) is 0 Å². The lowest BCUT2D eigenvalue weighted by molar-refractivity contribution is 0.597. The van der Waals surface area contributed by atoms with Gasteiger partial charge in [-0.05, 0) is 48.9 Å². The van der Waals surface area contributed by atoms with Crippen molar-refractivity contribution >= 4 is 44.1 Å². The third-order valence-electron chi connectivity index (χ3n) is 5.06. The van der Waals surface area contributed by atoms with Gasteiger partial charge in [-0.1, -0.05) is 12.1 Å². The van der Waals surface area contributed by atoms with Crippen molar-refractivity contribution in [3.63, 3.8) is 0 Å². The summed E-state index contributed by atoms with van der Waals surface area (Å²) in [7, 11) is 0.307. The molecule has 0 spiro atoms. The Morgan fingerprint density at radius 3 is 2.58 bits per heavy atom. The molecule has 10 heteroatoms. The monoisotopic (exact) mass is 437 g/mol. The van der Waals surface area contributed by atoms with Crippen molar-refractivity contribution in [2.75, 3.05) is 17.3 Å². The maximum Gasteiger partial charge on any atom is 0.229 e. The predicted octanol–water partition coefficient (Wildman–Crippen LogP) is 2.97. The number of aryl methyl sites for hydroxylation is 2. The predicted molar refractivity (Wildman–Crippen MR) is 122 cm³/mol. The topological polar surface area (TPSA) is 119 Å². The standard InChI is InChI=1S/C21H23N7O2S/c1-14-18-9-8-17(12-19(18)26-28(14)3)27(2)20-10-11-23-21(25-20)24-16-6-4-15(5-7-16)13-31(22,29)30/h4-12H,13H2,1-3H3,(H2,22,29,30)(H,23,24,25). The molecule has 0 amide bonds. The average molecular weight is 438 g/mol. The highest BCUT2D eigenvalue weighted by molar-refractivity contribution is 7.88. The Balaban J connectivity index is 1.54. The quantitative estimate of drug-likeness (QED) is 0.476. The average Bonchev–Trinajstić information content (AvgIpc) is 3.01. The van der Waals surface area contributed by atoms with Crippen molar-refractivity contribution in [3.05, 3.63) is 66.0 Å². The van der Waals surface area contributed by atoms with E-state index in [4.69, 9.17) is 5.14 Å². The lowest BCUT2D eigenvalue weighted by atomic mass is 10.2. The molecule has 2 aromatic heterocycles. The van der Waals surface area contributed by atoms with E-state index in [9.17, 15) is 8.42 Å². The normalized spacial score (nSPS) is 11.6. The zero-order valence-electron chi connectivity index (χ0n) is 17.4. The van der Waals surface area contributed by atoms with Crippen LogP contribution in [-0.4, -0.2) is 35.2 Å². The molecule has 0 bridgehead atoms. The number of benzene rings is 2. The Morgan fingerprint density at radius 1 is 1.13 bits per heavy atom. The second kappa shape index (κ2) is 7.97. The molecule has 0 aliphatic carbocycles. The van der Waals surface area contributed by atoms with Crippen LogP contribution < -0.4 is 15.4 Å². The molecule has 2 heterocycles. The van der Waals surface area contributed by atoms with Gasteiger partial charge in [0.1, 0.15) is 5.82 Å². The van der Waals surface area contributed by atoms with Crippen molar-refractivity contribution in [3.8, 4) is 0 Å². The zero-order valence-corrected chi connectivity index (χ0v) is 18.3. The Hall–Kier alpha value is -3.50. The minimum atomic E-state index is -3.56. The van der Waals surface area contributed by atoms with Gasteiger partial charge in [0.2, 0.25) is 16.0 Å². The fourth-order valence-electron chi connectivity index (χ4n) is 3.30. The van der Waals surface area contributed by atoms with E-state index in [2.05, 4.69) is 26.4 Å². The van der Waals surface area contributed by atoms with Gasteiger partial charge in [0.15, 0.2) is 0 Å². The minimum Gasteiger partial charge on any atom is -0.329 e. The van der Waals surface area contributed by atoms with Crippen LogP contribution in [0.1, 0.15) is 11.3 Å². The molecule has 4 aromatic rings. The summed E-state index contributed by atoms with van der Waals surface area (Å²) in [6, 6.07) is 14.9. The third kappa shape index (κ3) is 4.65. The molecule has 0 radical (unpaired) electrons. The summed E-state index contributed by atoms with van der Waals surface area (Å²) in [5.74, 6) is 0.943. The molecule has 31 heavy (non-hydrogen) atoms. The maximum atomic E-state index is 11.2. The Kier molecular flexibility index (Phi) is 5.34. The summed E-state index contributed by atoms with van der Waals surface area (Å²) in [6.45, 7) is 2.04. The summed E-state index contributed by atoms with van der Waals surface area (Å²) < 4.78 is 24.3. The lowest BCUT2D eigenvalue weighted by Gasteiger charge is -2.19. The molecule has 0 atom stereocenters. The van der Waals surface area contributed by atoms with Gasteiger partial charge in [-0.15, -0.1) is 0 Å². The van der Waals surface area contributed by atoms with E-state index in [0.29, 0.717) is 11.5 Å². The van der Waals surface area contributed by atoms with Crippen molar-refractivity contribution in [1.82, 2.24) is 19.7 Å². The highest BCUT2D eigenvalue weighted by Gasteiger charge is 2.11. The first-order valence-corrected chi connectivity index (χ1v) is 11.3. The van der Waals surface area contributed by atoms with E-state index in [-0.39, 0.29) is 5.75 Å². The molecule has 0 saturated carbocycles. The number of primary sulfonamides is 1. The maximum absolute atomic E-state index is 11.2. The van der Waals surface area contributed by atoms with E-state index in [1.54, 1.807) is 30.5 Å². The van der Waals surface area contributed by atoms with Crippen LogP contribution in [0.2, 0.25) is 0 Å². The SMILES string of the molecule is Cc1c2ccc(N(C)c3ccnc(Nc4ccc(CS(N)(=O)=O)cc4)n3)cc2nn1C. The molecule has 9 nitrogen and oxygen atoms in total. The van der Waals surface area contributed by atoms with Crippen LogP contribution in [0.25, 0.3) is 10.9 Å². The van der Waals surface area contributed by atoms with Gasteiger partial charge in [0.25, 0.3) is 0 Å². The summed E-state index contributed by atoms with van der Waals surface area (Å²) in [6.07, 6.45) is 1.68. The number of aromatic nitrogens is 4. The van der Waals surface area contributed by atoms with Crippen molar-refractivity contribution < 1.29 is 8.42 Å². The Labute approximate surface area is 180 Å². The van der Waals surface area contributed by atoms with Gasteiger partial charge in [0.05, 0.1) is 11.3 Å². The molecule has 3 N–H and O–H groups in total. The molecular formula is C21H23N7O2S. The Bertz CT molecular complexity index is 1350. The van der Waals surface area contributed by atoms with Crippen LogP contribution in [0.15, 0.2) is 54.7 Å². The molecule has 0 unspecified atom stereocenters. The van der Waals surface area contributed by atoms with E-state index >= 15 is 0 Å². The fraction of sp³-hybridized carbons (Fsp3) is 0.190. The highest BCUT2D eigenvalue weighted by atomic mass is 32.2. The molecule has 0 aliphatic rings. The van der Waals surface area contributed by atoms with Gasteiger partial charge in [-0.3, -0.25) is 4.68 Å². The number of sulfonamides is 1. The summed E-state index contributed by atoms with van der Waals surface area (Å²) >= 11 is 0. The summed E-state index contributed by atoms with van der Waals surface area (Å²) in [5, 5.41) is 13.9.